The molecule has 126 valence electrons. The number of ether oxygens (including phenoxy) is 2. The van der Waals surface area contributed by atoms with Crippen LogP contribution in [0.15, 0.2) is 30.3 Å². The fourth-order valence-electron chi connectivity index (χ4n) is 2.88. The van der Waals surface area contributed by atoms with Gasteiger partial charge in [-0.3, -0.25) is 9.18 Å². The van der Waals surface area contributed by atoms with E-state index in [1.54, 1.807) is 4.90 Å². The number of carbonyl (C=O) groups is 2. The Labute approximate surface area is 135 Å². The van der Waals surface area contributed by atoms with Crippen molar-refractivity contribution in [1.82, 2.24) is 4.90 Å². The quantitative estimate of drug-likeness (QED) is 0.782. The summed E-state index contributed by atoms with van der Waals surface area (Å²) in [6.07, 6.45) is 0.508. The number of piperidine rings is 1. The highest BCUT2D eigenvalue weighted by Gasteiger charge is 2.43. The molecule has 1 aromatic carbocycles. The Morgan fingerprint density at radius 2 is 1.87 bits per heavy atom. The highest BCUT2D eigenvalue weighted by Crippen LogP contribution is 2.36. The normalized spacial score (nSPS) is 16.7. The minimum absolute atomic E-state index is 0.132. The van der Waals surface area contributed by atoms with Crippen LogP contribution in [0.2, 0.25) is 0 Å². The third-order valence-electron chi connectivity index (χ3n) is 4.38. The van der Waals surface area contributed by atoms with Gasteiger partial charge in [-0.2, -0.15) is 0 Å². The molecule has 0 aromatic heterocycles. The van der Waals surface area contributed by atoms with Gasteiger partial charge in [0.05, 0.1) is 19.2 Å². The Morgan fingerprint density at radius 3 is 2.43 bits per heavy atom. The number of esters is 1. The minimum atomic E-state index is -0.820. The Balaban J connectivity index is 1.87. The third-order valence-corrected chi connectivity index (χ3v) is 4.38. The van der Waals surface area contributed by atoms with Gasteiger partial charge in [0.15, 0.2) is 0 Å². The highest BCUT2D eigenvalue weighted by molar-refractivity contribution is 5.77. The zero-order valence-electron chi connectivity index (χ0n) is 13.3. The van der Waals surface area contributed by atoms with E-state index in [4.69, 9.17) is 9.47 Å². The molecule has 0 atom stereocenters. The molecular weight excluding hydrogens is 301 g/mol. The first-order valence-electron chi connectivity index (χ1n) is 7.71. The molecule has 1 aliphatic heterocycles. The molecule has 23 heavy (non-hydrogen) atoms. The van der Waals surface area contributed by atoms with Gasteiger partial charge in [-0.15, -0.1) is 0 Å². The second-order valence-electron chi connectivity index (χ2n) is 5.74. The molecule has 1 aromatic rings. The number of halogens is 1. The maximum Gasteiger partial charge on any atom is 0.410 e. The molecule has 5 nitrogen and oxygen atoms in total. The number of amides is 1. The lowest BCUT2D eigenvalue weighted by Crippen LogP contribution is -2.47. The van der Waals surface area contributed by atoms with Crippen LogP contribution in [0, 0.1) is 5.41 Å². The van der Waals surface area contributed by atoms with Crippen molar-refractivity contribution in [2.75, 3.05) is 26.9 Å². The van der Waals surface area contributed by atoms with Crippen LogP contribution in [-0.2, 0) is 20.9 Å². The van der Waals surface area contributed by atoms with E-state index in [9.17, 15) is 14.0 Å². The van der Waals surface area contributed by atoms with Crippen LogP contribution in [0.4, 0.5) is 9.18 Å². The van der Waals surface area contributed by atoms with E-state index < -0.39 is 24.2 Å². The number of alkyl halides is 1. The first kappa shape index (κ1) is 17.2. The standard InChI is InChI=1S/C17H22FNO4/c1-22-15(20)17(7-10-18)8-11-19(12-9-17)16(21)23-13-14-5-3-2-4-6-14/h2-6H,7-13H2,1H3. The van der Waals surface area contributed by atoms with E-state index in [1.807, 2.05) is 30.3 Å². The van der Waals surface area contributed by atoms with Crippen molar-refractivity contribution in [1.29, 1.82) is 0 Å². The van der Waals surface area contributed by atoms with Crippen molar-refractivity contribution in [3.05, 3.63) is 35.9 Å². The Bertz CT molecular complexity index is 527. The van der Waals surface area contributed by atoms with Crippen molar-refractivity contribution in [3.63, 3.8) is 0 Å². The molecule has 2 rings (SSSR count). The molecular formula is C17H22FNO4. The maximum atomic E-state index is 12.8. The summed E-state index contributed by atoms with van der Waals surface area (Å²) in [5.41, 5.74) is 0.0962. The van der Waals surface area contributed by atoms with Gasteiger partial charge in [-0.05, 0) is 24.8 Å². The van der Waals surface area contributed by atoms with Crippen molar-refractivity contribution in [3.8, 4) is 0 Å². The van der Waals surface area contributed by atoms with Crippen molar-refractivity contribution in [2.24, 2.45) is 5.41 Å². The maximum absolute atomic E-state index is 12.8. The number of methoxy groups -OCH3 is 1. The zero-order valence-corrected chi connectivity index (χ0v) is 13.3. The second-order valence-corrected chi connectivity index (χ2v) is 5.74. The fraction of sp³-hybridized carbons (Fsp3) is 0.529. The molecule has 0 aliphatic carbocycles. The van der Waals surface area contributed by atoms with Crippen molar-refractivity contribution < 1.29 is 23.5 Å². The number of benzene rings is 1. The van der Waals surface area contributed by atoms with Gasteiger partial charge in [0, 0.05) is 13.1 Å². The number of hydrogen-bond acceptors (Lipinski definition) is 4. The average Bonchev–Trinajstić information content (AvgIpc) is 2.60. The molecule has 6 heteroatoms. The Kier molecular flexibility index (Phi) is 5.96. The summed E-state index contributed by atoms with van der Waals surface area (Å²) in [5.74, 6) is -0.396. The van der Waals surface area contributed by atoms with Gasteiger partial charge in [-0.1, -0.05) is 30.3 Å². The number of nitrogens with zero attached hydrogens (tertiary/aromatic N) is 1. The van der Waals surface area contributed by atoms with E-state index in [-0.39, 0.29) is 13.0 Å². The van der Waals surface area contributed by atoms with E-state index in [0.29, 0.717) is 25.9 Å². The summed E-state index contributed by atoms with van der Waals surface area (Å²) in [5, 5.41) is 0. The van der Waals surface area contributed by atoms with Crippen LogP contribution in [0.1, 0.15) is 24.8 Å². The monoisotopic (exact) mass is 323 g/mol. The molecule has 1 amide bonds. The van der Waals surface area contributed by atoms with E-state index >= 15 is 0 Å². The number of likely N-dealkylation sites (tertiary alicyclic amines) is 1. The molecule has 0 radical (unpaired) electrons. The Hall–Kier alpha value is -2.11. The average molecular weight is 323 g/mol. The summed E-state index contributed by atoms with van der Waals surface area (Å²) in [6.45, 7) is 0.363. The van der Waals surface area contributed by atoms with Gasteiger partial charge >= 0.3 is 12.1 Å². The van der Waals surface area contributed by atoms with Crippen molar-refractivity contribution in [2.45, 2.75) is 25.9 Å². The molecule has 1 aliphatic rings. The van der Waals surface area contributed by atoms with Crippen LogP contribution in [0.3, 0.4) is 0 Å². The van der Waals surface area contributed by atoms with Crippen LogP contribution < -0.4 is 0 Å². The first-order valence-corrected chi connectivity index (χ1v) is 7.71. The molecule has 0 saturated carbocycles. The van der Waals surface area contributed by atoms with Crippen LogP contribution in [0.25, 0.3) is 0 Å². The number of rotatable bonds is 5. The topological polar surface area (TPSA) is 55.8 Å². The van der Waals surface area contributed by atoms with Gasteiger partial charge in [0.1, 0.15) is 6.61 Å². The SMILES string of the molecule is COC(=O)C1(CCF)CCN(C(=O)OCc2ccccc2)CC1. The lowest BCUT2D eigenvalue weighted by Gasteiger charge is -2.38. The number of hydrogen-bond donors (Lipinski definition) is 0. The van der Waals surface area contributed by atoms with Crippen LogP contribution >= 0.6 is 0 Å². The summed E-state index contributed by atoms with van der Waals surface area (Å²) in [7, 11) is 1.31. The molecule has 1 heterocycles. The molecule has 0 bridgehead atoms. The van der Waals surface area contributed by atoms with E-state index in [2.05, 4.69) is 0 Å². The third kappa shape index (κ3) is 4.21. The summed E-state index contributed by atoms with van der Waals surface area (Å²) in [6, 6.07) is 9.42. The van der Waals surface area contributed by atoms with E-state index in [1.165, 1.54) is 7.11 Å². The second kappa shape index (κ2) is 7.94. The summed E-state index contributed by atoms with van der Waals surface area (Å²) in [4.78, 5) is 25.6. The minimum Gasteiger partial charge on any atom is -0.469 e. The summed E-state index contributed by atoms with van der Waals surface area (Å²) >= 11 is 0. The summed E-state index contributed by atoms with van der Waals surface area (Å²) < 4.78 is 22.9. The highest BCUT2D eigenvalue weighted by atomic mass is 19.1. The molecule has 0 unspecified atom stereocenters. The molecule has 0 N–H and O–H groups in total. The lowest BCUT2D eigenvalue weighted by molar-refractivity contribution is -0.156. The smallest absolute Gasteiger partial charge is 0.410 e. The predicted molar refractivity (Wildman–Crippen MR) is 82.5 cm³/mol. The van der Waals surface area contributed by atoms with Crippen LogP contribution in [0.5, 0.6) is 0 Å². The largest absolute Gasteiger partial charge is 0.469 e. The van der Waals surface area contributed by atoms with E-state index in [0.717, 1.165) is 5.56 Å². The van der Waals surface area contributed by atoms with Crippen molar-refractivity contribution >= 4 is 12.1 Å². The Morgan fingerprint density at radius 1 is 1.22 bits per heavy atom. The lowest BCUT2D eigenvalue weighted by atomic mass is 9.76. The van der Waals surface area contributed by atoms with Gasteiger partial charge in [-0.25, -0.2) is 4.79 Å². The number of carbonyl (C=O) groups excluding carboxylic acids is 2. The molecule has 1 saturated heterocycles. The van der Waals surface area contributed by atoms with Crippen LogP contribution in [-0.4, -0.2) is 43.8 Å². The predicted octanol–water partition coefficient (Wildman–Crippen LogP) is 2.94. The molecule has 0 spiro atoms. The van der Waals surface area contributed by atoms with Gasteiger partial charge in [0.2, 0.25) is 0 Å². The molecule has 1 fully saturated rings. The van der Waals surface area contributed by atoms with Gasteiger partial charge in [0.25, 0.3) is 0 Å². The first-order chi connectivity index (χ1) is 11.1. The van der Waals surface area contributed by atoms with Gasteiger partial charge < -0.3 is 14.4 Å². The fourth-order valence-corrected chi connectivity index (χ4v) is 2.88. The zero-order chi connectivity index (χ0) is 16.7.